The summed E-state index contributed by atoms with van der Waals surface area (Å²) in [5.41, 5.74) is 3.44. The molecule has 10 nitrogen and oxygen atoms in total. The van der Waals surface area contributed by atoms with E-state index >= 15 is 0 Å². The fourth-order valence-corrected chi connectivity index (χ4v) is 7.45. The quantitative estimate of drug-likeness (QED) is 0.431. The molecule has 3 aliphatic heterocycles. The van der Waals surface area contributed by atoms with E-state index in [1.807, 2.05) is 22.8 Å². The number of likely N-dealkylation sites (tertiary alicyclic amines) is 2. The second-order valence-corrected chi connectivity index (χ2v) is 13.9. The predicted octanol–water partition coefficient (Wildman–Crippen LogP) is 4.08. The van der Waals surface area contributed by atoms with Crippen LogP contribution in [0.4, 0.5) is 0 Å². The van der Waals surface area contributed by atoms with Gasteiger partial charge in [0.25, 0.3) is 5.91 Å². The van der Waals surface area contributed by atoms with Crippen molar-refractivity contribution in [2.75, 3.05) is 39.4 Å². The van der Waals surface area contributed by atoms with Crippen molar-refractivity contribution in [3.05, 3.63) is 58.0 Å². The smallest absolute Gasteiger partial charge is 0.265 e. The highest BCUT2D eigenvalue weighted by molar-refractivity contribution is 7.11. The van der Waals surface area contributed by atoms with Gasteiger partial charge in [-0.25, -0.2) is 0 Å². The van der Waals surface area contributed by atoms with Gasteiger partial charge in [-0.05, 0) is 43.7 Å². The lowest BCUT2D eigenvalue weighted by Crippen LogP contribution is -2.62. The summed E-state index contributed by atoms with van der Waals surface area (Å²) in [6.45, 7) is 10.1. The standard InChI is InChI=1S/C30H36N6O4S/c1-18(22-5-4-6-23(32-22)19-7-9-39-10-8-19)25-33-34-26(40-25)21-13-35(28(38)24-12-31-17-41-24)14-30(21)15-36(16-30)27(37)20-11-29(20,2)3/h4-6,12,17-21H,7-11,13-16H2,1-3H3/t18?,20-,21?/m1/s1. The van der Waals surface area contributed by atoms with Crippen molar-refractivity contribution in [2.24, 2.45) is 16.7 Å². The summed E-state index contributed by atoms with van der Waals surface area (Å²) in [4.78, 5) is 40.0. The molecule has 11 heteroatoms. The molecule has 1 aliphatic carbocycles. The Balaban J connectivity index is 1.12. The van der Waals surface area contributed by atoms with E-state index < -0.39 is 0 Å². The molecule has 0 N–H and O–H groups in total. The van der Waals surface area contributed by atoms with Gasteiger partial charge in [0.1, 0.15) is 4.88 Å². The Morgan fingerprint density at radius 2 is 1.85 bits per heavy atom. The first-order valence-corrected chi connectivity index (χ1v) is 15.5. The van der Waals surface area contributed by atoms with E-state index in [0.717, 1.165) is 43.9 Å². The van der Waals surface area contributed by atoms with Gasteiger partial charge in [-0.3, -0.25) is 19.6 Å². The van der Waals surface area contributed by atoms with Crippen LogP contribution in [0.1, 0.15) is 90.6 Å². The Kier molecular flexibility index (Phi) is 6.50. The maximum Gasteiger partial charge on any atom is 0.265 e. The number of hydrogen-bond donors (Lipinski definition) is 0. The summed E-state index contributed by atoms with van der Waals surface area (Å²) in [6, 6.07) is 6.16. The van der Waals surface area contributed by atoms with Crippen LogP contribution in [0.15, 0.2) is 34.3 Å². The van der Waals surface area contributed by atoms with Gasteiger partial charge in [0.2, 0.25) is 17.7 Å². The molecule has 3 aromatic rings. The monoisotopic (exact) mass is 576 g/mol. The van der Waals surface area contributed by atoms with E-state index in [1.54, 1.807) is 11.7 Å². The number of ether oxygens (including phenoxy) is 1. The van der Waals surface area contributed by atoms with Crippen LogP contribution in [0, 0.1) is 16.7 Å². The highest BCUT2D eigenvalue weighted by Crippen LogP contribution is 2.55. The van der Waals surface area contributed by atoms with E-state index in [4.69, 9.17) is 14.1 Å². The van der Waals surface area contributed by atoms with Gasteiger partial charge < -0.3 is 19.0 Å². The minimum atomic E-state index is -0.302. The van der Waals surface area contributed by atoms with Gasteiger partial charge in [-0.1, -0.05) is 19.9 Å². The minimum absolute atomic E-state index is 0.0373. The lowest BCUT2D eigenvalue weighted by atomic mass is 9.71. The molecule has 3 saturated heterocycles. The molecular formula is C30H36N6O4S. The molecule has 1 saturated carbocycles. The number of pyridine rings is 1. The summed E-state index contributed by atoms with van der Waals surface area (Å²) in [6.07, 6.45) is 4.51. The number of aromatic nitrogens is 4. The number of amides is 2. The van der Waals surface area contributed by atoms with E-state index in [0.29, 0.717) is 48.8 Å². The summed E-state index contributed by atoms with van der Waals surface area (Å²) in [5, 5.41) is 8.98. The van der Waals surface area contributed by atoms with Gasteiger partial charge >= 0.3 is 0 Å². The molecule has 0 aromatic carbocycles. The Labute approximate surface area is 243 Å². The lowest BCUT2D eigenvalue weighted by Gasteiger charge is -2.50. The fraction of sp³-hybridized carbons (Fsp3) is 0.600. The number of rotatable bonds is 6. The van der Waals surface area contributed by atoms with Gasteiger partial charge in [-0.2, -0.15) is 0 Å². The highest BCUT2D eigenvalue weighted by atomic mass is 32.1. The molecule has 1 spiro atoms. The van der Waals surface area contributed by atoms with Gasteiger partial charge in [-0.15, -0.1) is 21.5 Å². The first-order chi connectivity index (χ1) is 19.7. The van der Waals surface area contributed by atoms with Crippen LogP contribution >= 0.6 is 11.3 Å². The topological polar surface area (TPSA) is 115 Å². The molecule has 2 amide bonds. The molecule has 41 heavy (non-hydrogen) atoms. The van der Waals surface area contributed by atoms with Crippen molar-refractivity contribution in [1.29, 1.82) is 0 Å². The van der Waals surface area contributed by atoms with Crippen LogP contribution in [0.2, 0.25) is 0 Å². The number of nitrogens with zero attached hydrogens (tertiary/aromatic N) is 6. The summed E-state index contributed by atoms with van der Waals surface area (Å²) in [5.74, 6) is 1.42. The zero-order valence-electron chi connectivity index (χ0n) is 23.8. The molecule has 2 unspecified atom stereocenters. The summed E-state index contributed by atoms with van der Waals surface area (Å²) in [7, 11) is 0. The molecule has 0 radical (unpaired) electrons. The van der Waals surface area contributed by atoms with E-state index in [2.05, 4.69) is 41.2 Å². The number of hydrogen-bond acceptors (Lipinski definition) is 9. The molecule has 4 aliphatic rings. The van der Waals surface area contributed by atoms with Gasteiger partial charge in [0.15, 0.2) is 0 Å². The molecule has 0 bridgehead atoms. The molecule has 4 fully saturated rings. The maximum atomic E-state index is 13.3. The van der Waals surface area contributed by atoms with Crippen molar-refractivity contribution >= 4 is 23.2 Å². The third-order valence-electron chi connectivity index (χ3n) is 9.71. The highest BCUT2D eigenvalue weighted by Gasteiger charge is 2.61. The van der Waals surface area contributed by atoms with Crippen molar-refractivity contribution in [3.8, 4) is 0 Å². The molecule has 6 heterocycles. The maximum absolute atomic E-state index is 13.3. The van der Waals surface area contributed by atoms with E-state index in [9.17, 15) is 9.59 Å². The first kappa shape index (κ1) is 26.7. The number of carbonyl (C=O) groups excluding carboxylic acids is 2. The lowest BCUT2D eigenvalue weighted by molar-refractivity contribution is -0.146. The van der Waals surface area contributed by atoms with E-state index in [1.165, 1.54) is 11.3 Å². The van der Waals surface area contributed by atoms with Crippen LogP contribution in [0.5, 0.6) is 0 Å². The molecule has 3 aromatic heterocycles. The Morgan fingerprint density at radius 1 is 1.10 bits per heavy atom. The van der Waals surface area contributed by atoms with Crippen LogP contribution in [0.3, 0.4) is 0 Å². The number of thiazole rings is 1. The van der Waals surface area contributed by atoms with Crippen LogP contribution in [0.25, 0.3) is 0 Å². The molecule has 216 valence electrons. The van der Waals surface area contributed by atoms with Crippen molar-refractivity contribution in [2.45, 2.75) is 57.8 Å². The van der Waals surface area contributed by atoms with Crippen molar-refractivity contribution < 1.29 is 18.7 Å². The average Bonchev–Trinajstić information content (AvgIpc) is 3.50. The largest absolute Gasteiger partial charge is 0.424 e. The Hall–Kier alpha value is -3.18. The first-order valence-electron chi connectivity index (χ1n) is 14.6. The second kappa shape index (κ2) is 9.97. The van der Waals surface area contributed by atoms with Gasteiger partial charge in [0.05, 0.1) is 29.2 Å². The second-order valence-electron chi connectivity index (χ2n) is 13.0. The van der Waals surface area contributed by atoms with Crippen LogP contribution in [-0.2, 0) is 9.53 Å². The predicted molar refractivity (Wildman–Crippen MR) is 151 cm³/mol. The normalized spacial score (nSPS) is 25.7. The van der Waals surface area contributed by atoms with Gasteiger partial charge in [0, 0.05) is 62.3 Å². The zero-order chi connectivity index (χ0) is 28.4. The zero-order valence-corrected chi connectivity index (χ0v) is 24.6. The van der Waals surface area contributed by atoms with Crippen LogP contribution < -0.4 is 0 Å². The average molecular weight is 577 g/mol. The van der Waals surface area contributed by atoms with Crippen molar-refractivity contribution in [1.82, 2.24) is 30.0 Å². The molecule has 7 rings (SSSR count). The number of carbonyl (C=O) groups is 2. The summed E-state index contributed by atoms with van der Waals surface area (Å²) < 4.78 is 11.9. The summed E-state index contributed by atoms with van der Waals surface area (Å²) >= 11 is 1.34. The SMILES string of the molecule is CC(c1cccc(C2CCOCC2)n1)c1nnc(C2CN(C(=O)c3cncs3)CC23CN(C(=O)[C@H]2CC2(C)C)C3)o1. The third kappa shape index (κ3) is 4.76. The fourth-order valence-electron chi connectivity index (χ4n) is 6.86. The Bertz CT molecular complexity index is 1440. The Morgan fingerprint density at radius 3 is 2.56 bits per heavy atom. The molecule has 3 atom stereocenters. The van der Waals surface area contributed by atoms with Crippen LogP contribution in [-0.4, -0.2) is 81.2 Å². The van der Waals surface area contributed by atoms with E-state index in [-0.39, 0.29) is 40.4 Å². The third-order valence-corrected chi connectivity index (χ3v) is 10.5. The molecular weight excluding hydrogens is 540 g/mol. The minimum Gasteiger partial charge on any atom is -0.424 e. The van der Waals surface area contributed by atoms with Crippen molar-refractivity contribution in [3.63, 3.8) is 0 Å².